The fourth-order valence-corrected chi connectivity index (χ4v) is 20.4. The Labute approximate surface area is 663 Å². The van der Waals surface area contributed by atoms with E-state index in [0.29, 0.717) is 34.9 Å². The van der Waals surface area contributed by atoms with E-state index in [0.717, 1.165) is 142 Å². The average molecular weight is 1500 g/mol. The Morgan fingerprint density at radius 3 is 0.614 bits per heavy atom. The molecule has 0 saturated heterocycles. The van der Waals surface area contributed by atoms with Crippen molar-refractivity contribution in [3.05, 3.63) is 437 Å². The Balaban J connectivity index is 0.000000159. The van der Waals surface area contributed by atoms with Gasteiger partial charge in [-0.25, -0.2) is 29.9 Å². The van der Waals surface area contributed by atoms with Crippen LogP contribution in [0.2, 0.25) is 0 Å². The van der Waals surface area contributed by atoms with Crippen LogP contribution < -0.4 is 31.8 Å². The first-order valence-electron chi connectivity index (χ1n) is 38.0. The third kappa shape index (κ3) is 14.4. The van der Waals surface area contributed by atoms with Crippen molar-refractivity contribution in [1.82, 2.24) is 29.9 Å². The first-order valence-corrected chi connectivity index (χ1v) is 41.4. The van der Waals surface area contributed by atoms with Gasteiger partial charge < -0.3 is 9.13 Å². The molecule has 0 N–H and O–H groups in total. The maximum atomic E-state index is 15.0. The molecule has 0 atom stereocenters. The molecule has 0 amide bonds. The maximum absolute atomic E-state index is 15.0. The first-order chi connectivity index (χ1) is 56.3. The monoisotopic (exact) mass is 1500 g/mol. The van der Waals surface area contributed by atoms with Gasteiger partial charge in [0, 0.05) is 65.2 Å². The Morgan fingerprint density at radius 1 is 0.140 bits per heavy atom. The van der Waals surface area contributed by atoms with Gasteiger partial charge in [0.05, 0.1) is 0 Å². The smallest absolute Gasteiger partial charge is 0.171 e. The molecule has 19 rings (SSSR count). The van der Waals surface area contributed by atoms with E-state index in [9.17, 15) is 4.57 Å². The molecular formula is C104H72N6O2P2. The van der Waals surface area contributed by atoms with E-state index in [2.05, 4.69) is 194 Å². The molecule has 540 valence electrons. The van der Waals surface area contributed by atoms with Crippen molar-refractivity contribution in [3.8, 4) is 124 Å². The summed E-state index contributed by atoms with van der Waals surface area (Å²) >= 11 is 0. The van der Waals surface area contributed by atoms with Crippen LogP contribution in [0.15, 0.2) is 437 Å². The molecule has 0 aliphatic heterocycles. The highest BCUT2D eigenvalue weighted by Gasteiger charge is 2.31. The molecule has 0 fully saturated rings. The lowest BCUT2D eigenvalue weighted by Gasteiger charge is -2.20. The van der Waals surface area contributed by atoms with Crippen LogP contribution >= 0.6 is 14.3 Å². The average Bonchev–Trinajstić information content (AvgIpc) is 0.768. The van der Waals surface area contributed by atoms with Crippen LogP contribution in [0.3, 0.4) is 0 Å². The molecule has 8 nitrogen and oxygen atoms in total. The van der Waals surface area contributed by atoms with Crippen molar-refractivity contribution in [1.29, 1.82) is 0 Å². The second-order valence-corrected chi connectivity index (χ2v) is 33.4. The molecule has 0 bridgehead atoms. The molecule has 0 saturated carbocycles. The number of hydrogen-bond acceptors (Lipinski definition) is 8. The number of aromatic nitrogens is 6. The zero-order valence-corrected chi connectivity index (χ0v) is 63.8. The number of nitrogens with zero attached hydrogens (tertiary/aromatic N) is 6. The van der Waals surface area contributed by atoms with Crippen molar-refractivity contribution < 1.29 is 9.13 Å². The summed E-state index contributed by atoms with van der Waals surface area (Å²) in [6.45, 7) is 0. The van der Waals surface area contributed by atoms with Crippen LogP contribution in [0.4, 0.5) is 0 Å². The number of hydrogen-bond donors (Lipinski definition) is 0. The minimum atomic E-state index is -3.08. The van der Waals surface area contributed by atoms with Crippen molar-refractivity contribution in [2.45, 2.75) is 0 Å². The number of benzene rings is 17. The second kappa shape index (κ2) is 32.0. The molecule has 0 aliphatic rings. The maximum Gasteiger partial charge on any atom is 0.171 e. The van der Waals surface area contributed by atoms with Gasteiger partial charge in [0.2, 0.25) is 0 Å². The largest absolute Gasteiger partial charge is 0.309 e. The zero-order chi connectivity index (χ0) is 76.6. The van der Waals surface area contributed by atoms with E-state index in [1.807, 2.05) is 243 Å². The summed E-state index contributed by atoms with van der Waals surface area (Å²) in [5.74, 6) is 3.74. The van der Waals surface area contributed by atoms with Crippen molar-refractivity contribution in [2.75, 3.05) is 0 Å². The van der Waals surface area contributed by atoms with E-state index in [4.69, 9.17) is 29.9 Å². The van der Waals surface area contributed by atoms with Gasteiger partial charge in [-0.1, -0.05) is 425 Å². The van der Waals surface area contributed by atoms with Crippen LogP contribution in [-0.2, 0) is 9.13 Å². The Bertz CT molecular complexity index is 6590. The van der Waals surface area contributed by atoms with E-state index in [1.165, 1.54) is 0 Å². The van der Waals surface area contributed by atoms with Crippen molar-refractivity contribution in [3.63, 3.8) is 0 Å². The molecule has 19 aromatic rings. The quantitative estimate of drug-likeness (QED) is 0.0829. The minimum Gasteiger partial charge on any atom is -0.309 e. The highest BCUT2D eigenvalue weighted by molar-refractivity contribution is 7.85. The first kappa shape index (κ1) is 71.4. The molecular weight excluding hydrogens is 1430 g/mol. The fraction of sp³-hybridized carbons (Fsp3) is 0. The molecule has 0 aliphatic carbocycles. The SMILES string of the molecule is O=P(c1ccccc1)(c1ccccc1)c1ccc(-c2ccc(-c3cccc(-c4nc(-c5ccccc5)nc(-c5ccc(-c6ccccc6)cc5)n4)c3)c3ccccc23)cc1.O=P(c1ccccc1)(c1ccccc1)c1ccc(-c2ccc(-c3cccc(-c4nc(-c5ccccc5)nc(-c5ccccc5)n4)c3)c3ccccc23)cc1. The fourth-order valence-electron chi connectivity index (χ4n) is 15.1. The van der Waals surface area contributed by atoms with Crippen LogP contribution in [0.1, 0.15) is 0 Å². The van der Waals surface area contributed by atoms with Gasteiger partial charge in [-0.3, -0.25) is 0 Å². The summed E-state index contributed by atoms with van der Waals surface area (Å²) < 4.78 is 30.0. The molecule has 10 heteroatoms. The molecule has 0 radical (unpaired) electrons. The third-order valence-corrected chi connectivity index (χ3v) is 27.0. The third-order valence-electron chi connectivity index (χ3n) is 20.9. The van der Waals surface area contributed by atoms with Crippen LogP contribution in [0, 0.1) is 0 Å². The lowest BCUT2D eigenvalue weighted by atomic mass is 9.91. The molecule has 0 spiro atoms. The summed E-state index contributed by atoms with van der Waals surface area (Å²) in [7, 11) is -6.15. The van der Waals surface area contributed by atoms with E-state index >= 15 is 4.57 Å². The zero-order valence-electron chi connectivity index (χ0n) is 62.0. The molecule has 0 unspecified atom stereocenters. The number of fused-ring (bicyclic) bond motifs is 2. The van der Waals surface area contributed by atoms with E-state index < -0.39 is 14.3 Å². The van der Waals surface area contributed by atoms with Gasteiger partial charge in [-0.2, -0.15) is 0 Å². The van der Waals surface area contributed by atoms with Crippen LogP contribution in [0.25, 0.3) is 146 Å². The van der Waals surface area contributed by atoms with E-state index in [1.54, 1.807) is 0 Å². The van der Waals surface area contributed by atoms with Crippen molar-refractivity contribution in [2.24, 2.45) is 0 Å². The van der Waals surface area contributed by atoms with Crippen molar-refractivity contribution >= 4 is 67.7 Å². The second-order valence-electron chi connectivity index (χ2n) is 27.9. The summed E-state index contributed by atoms with van der Waals surface area (Å²) in [6, 6.07) is 147. The Morgan fingerprint density at radius 2 is 0.325 bits per heavy atom. The predicted octanol–water partition coefficient (Wildman–Crippen LogP) is 23.7. The van der Waals surface area contributed by atoms with E-state index in [-0.39, 0.29) is 0 Å². The summed E-state index contributed by atoms with van der Waals surface area (Å²) in [5, 5.41) is 9.46. The van der Waals surface area contributed by atoms with Gasteiger partial charge in [-0.15, -0.1) is 0 Å². The van der Waals surface area contributed by atoms with Gasteiger partial charge in [0.15, 0.2) is 49.2 Å². The lowest BCUT2D eigenvalue weighted by Crippen LogP contribution is -2.24. The minimum absolute atomic E-state index is 0.608. The molecule has 2 heterocycles. The summed E-state index contributed by atoms with van der Waals surface area (Å²) in [6.07, 6.45) is 0. The van der Waals surface area contributed by atoms with Crippen LogP contribution in [-0.4, -0.2) is 29.9 Å². The van der Waals surface area contributed by atoms with Gasteiger partial charge in [0.1, 0.15) is 0 Å². The Hall–Kier alpha value is -14.3. The number of rotatable bonds is 17. The van der Waals surface area contributed by atoms with Gasteiger partial charge in [0.25, 0.3) is 0 Å². The summed E-state index contributed by atoms with van der Waals surface area (Å²) in [4.78, 5) is 29.9. The topological polar surface area (TPSA) is 111 Å². The lowest BCUT2D eigenvalue weighted by molar-refractivity contribution is 0.591. The highest BCUT2D eigenvalue weighted by atomic mass is 31.2. The molecule has 2 aromatic heterocycles. The molecule has 17 aromatic carbocycles. The predicted molar refractivity (Wildman–Crippen MR) is 473 cm³/mol. The normalized spacial score (nSPS) is 11.4. The van der Waals surface area contributed by atoms with Gasteiger partial charge >= 0.3 is 0 Å². The Kier molecular flexibility index (Phi) is 20.0. The standard InChI is InChI=1S/C55H38N3OP.C49H34N3OP/c59-60(46-22-9-3-10-23-46,47-24-11-4-12-25-47)48-34-32-41(33-35-48)49-36-37-50(52-27-14-13-26-51(49)52)44-20-15-21-45(38-44)55-57-53(42-18-7-2-8-19-42)56-54(58-55)43-30-28-40(29-31-43)39-16-5-1-6-17-39;53-54(40-22-9-3-10-23-40,41-24-11-4-12-25-41)42-30-28-35(29-31-42)43-32-33-44(46-27-14-13-26-45(43)46)38-20-15-21-39(34-38)49-51-47(36-16-5-1-6-17-36)50-48(52-49)37-18-7-2-8-19-37/h1-38H;1-34H. The van der Waals surface area contributed by atoms with Crippen LogP contribution in [0.5, 0.6) is 0 Å². The molecule has 114 heavy (non-hydrogen) atoms. The highest BCUT2D eigenvalue weighted by Crippen LogP contribution is 2.46. The summed E-state index contributed by atoms with van der Waals surface area (Å²) in [5.41, 5.74) is 16.5. The van der Waals surface area contributed by atoms with Gasteiger partial charge in [-0.05, 0) is 89.3 Å².